The van der Waals surface area contributed by atoms with E-state index in [9.17, 15) is 4.79 Å². The zero-order valence-corrected chi connectivity index (χ0v) is 8.30. The first-order valence-corrected chi connectivity index (χ1v) is 4.83. The molecule has 1 fully saturated rings. The molecule has 0 saturated carbocycles. The van der Waals surface area contributed by atoms with E-state index in [0.29, 0.717) is 6.61 Å². The molecule has 0 radical (unpaired) electrons. The summed E-state index contributed by atoms with van der Waals surface area (Å²) in [5, 5.41) is 0. The van der Waals surface area contributed by atoms with E-state index in [1.165, 1.54) is 0 Å². The van der Waals surface area contributed by atoms with Crippen LogP contribution in [0.3, 0.4) is 0 Å². The molecule has 0 aliphatic carbocycles. The van der Waals surface area contributed by atoms with Crippen LogP contribution >= 0.6 is 0 Å². The van der Waals surface area contributed by atoms with Crippen LogP contribution in [0.5, 0.6) is 0 Å². The average Bonchev–Trinajstić information content (AvgIpc) is 2.15. The topological polar surface area (TPSA) is 26.3 Å². The summed E-state index contributed by atoms with van der Waals surface area (Å²) < 4.78 is 5.26. The lowest BCUT2D eigenvalue weighted by molar-refractivity contribution is -0.116. The van der Waals surface area contributed by atoms with E-state index in [2.05, 4.69) is 11.8 Å². The fourth-order valence-corrected chi connectivity index (χ4v) is 1.17. The van der Waals surface area contributed by atoms with Crippen LogP contribution in [0, 0.1) is 23.7 Å². The minimum absolute atomic E-state index is 0. The number of hydrogen-bond donors (Lipinski definition) is 0. The molecule has 74 valence electrons. The van der Waals surface area contributed by atoms with Gasteiger partial charge >= 0.3 is 0 Å². The molecule has 2 heteroatoms. The molecule has 1 unspecified atom stereocenters. The first-order chi connectivity index (χ1) is 6.20. The van der Waals surface area contributed by atoms with Crippen molar-refractivity contribution in [1.29, 1.82) is 0 Å². The van der Waals surface area contributed by atoms with Crippen molar-refractivity contribution in [3.63, 3.8) is 0 Å². The fraction of sp³-hybridized carbons (Fsp3) is 0.727. The van der Waals surface area contributed by atoms with Gasteiger partial charge in [0.25, 0.3) is 0 Å². The molecule has 0 aromatic heterocycles. The molecule has 1 aliphatic heterocycles. The number of Topliss-reactive ketones (excluding diaryl/α,β-unsaturated/α-hetero) is 1. The minimum Gasteiger partial charge on any atom is -0.380 e. The molecule has 1 heterocycles. The zero-order valence-electron chi connectivity index (χ0n) is 8.30. The van der Waals surface area contributed by atoms with E-state index in [-0.39, 0.29) is 19.0 Å². The van der Waals surface area contributed by atoms with Gasteiger partial charge in [-0.25, -0.2) is 0 Å². The maximum Gasteiger partial charge on any atom is 0.207 e. The second-order valence-corrected chi connectivity index (χ2v) is 3.70. The quantitative estimate of drug-likeness (QED) is 0.457. The van der Waals surface area contributed by atoms with Crippen molar-refractivity contribution in [1.82, 2.24) is 0 Å². The maximum atomic E-state index is 11.2. The van der Waals surface area contributed by atoms with Crippen molar-refractivity contribution in [2.45, 2.75) is 26.7 Å². The van der Waals surface area contributed by atoms with Gasteiger partial charge in [0.05, 0.1) is 6.61 Å². The molecule has 13 heavy (non-hydrogen) atoms. The van der Waals surface area contributed by atoms with Crippen molar-refractivity contribution < 1.29 is 11.0 Å². The Bertz CT molecular complexity index is 231. The van der Waals surface area contributed by atoms with E-state index in [1.807, 2.05) is 13.8 Å². The number of hydrogen-bond acceptors (Lipinski definition) is 2. The van der Waals surface area contributed by atoms with Crippen molar-refractivity contribution in [3.05, 3.63) is 0 Å². The second-order valence-electron chi connectivity index (χ2n) is 3.70. The van der Waals surface area contributed by atoms with Crippen LogP contribution in [0.15, 0.2) is 0 Å². The highest BCUT2D eigenvalue weighted by atomic mass is 16.5. The molecule has 0 bridgehead atoms. The van der Waals surface area contributed by atoms with Gasteiger partial charge in [0.1, 0.15) is 0 Å². The van der Waals surface area contributed by atoms with Crippen LogP contribution in [0.1, 0.15) is 28.1 Å². The predicted octanol–water partition coefficient (Wildman–Crippen LogP) is 1.89. The molecule has 2 nitrogen and oxygen atoms in total. The average molecular weight is 182 g/mol. The van der Waals surface area contributed by atoms with Gasteiger partial charge in [-0.1, -0.05) is 19.8 Å². The molecule has 1 rings (SSSR count). The van der Waals surface area contributed by atoms with Gasteiger partial charge in [0.2, 0.25) is 5.78 Å². The van der Waals surface area contributed by atoms with Crippen LogP contribution in [0.4, 0.5) is 0 Å². The van der Waals surface area contributed by atoms with Crippen molar-refractivity contribution >= 4 is 5.78 Å². The Morgan fingerprint density at radius 2 is 2.38 bits per heavy atom. The number of ether oxygens (including phenoxy) is 1. The summed E-state index contributed by atoms with van der Waals surface area (Å²) >= 11 is 0. The highest BCUT2D eigenvalue weighted by Crippen LogP contribution is 2.11. The van der Waals surface area contributed by atoms with Crippen LogP contribution in [-0.4, -0.2) is 19.0 Å². The number of carbonyl (C=O) groups is 1. The summed E-state index contributed by atoms with van der Waals surface area (Å²) in [5.74, 6) is 5.99. The third kappa shape index (κ3) is 3.61. The van der Waals surface area contributed by atoms with Crippen LogP contribution in [-0.2, 0) is 9.53 Å². The Morgan fingerprint density at radius 3 is 2.92 bits per heavy atom. The lowest BCUT2D eigenvalue weighted by atomic mass is 10.0. The summed E-state index contributed by atoms with van der Waals surface area (Å²) in [5.41, 5.74) is 0. The van der Waals surface area contributed by atoms with E-state index >= 15 is 0 Å². The van der Waals surface area contributed by atoms with E-state index in [4.69, 9.17) is 4.74 Å². The van der Waals surface area contributed by atoms with Crippen molar-refractivity contribution in [2.75, 3.05) is 13.2 Å². The van der Waals surface area contributed by atoms with E-state index in [1.54, 1.807) is 0 Å². The van der Waals surface area contributed by atoms with Crippen LogP contribution < -0.4 is 0 Å². The first-order valence-electron chi connectivity index (χ1n) is 4.83. The van der Waals surface area contributed by atoms with Gasteiger partial charge in [-0.2, -0.15) is 0 Å². The van der Waals surface area contributed by atoms with Gasteiger partial charge in [-0.05, 0) is 18.8 Å². The molecule has 1 saturated heterocycles. The van der Waals surface area contributed by atoms with Crippen LogP contribution in [0.25, 0.3) is 0 Å². The lowest BCUT2D eigenvalue weighted by Gasteiger charge is -2.16. The standard InChI is InChI=1S/C11H16O2.H2/c1-9(2)11(12)6-5-10-4-3-7-13-8-10;/h9-10H,3-4,7-8H2,1-2H3;1H. The summed E-state index contributed by atoms with van der Waals surface area (Å²) in [6, 6.07) is 0. The Labute approximate surface area is 81.1 Å². The second kappa shape index (κ2) is 5.04. The lowest BCUT2D eigenvalue weighted by Crippen LogP contribution is -2.16. The minimum atomic E-state index is 0. The Morgan fingerprint density at radius 1 is 1.62 bits per heavy atom. The number of rotatable bonds is 1. The third-order valence-electron chi connectivity index (χ3n) is 2.08. The summed E-state index contributed by atoms with van der Waals surface area (Å²) in [6.45, 7) is 5.28. The number of ketones is 1. The summed E-state index contributed by atoms with van der Waals surface area (Å²) in [7, 11) is 0. The Balaban J connectivity index is 0.00000169. The molecule has 0 amide bonds. The molecular formula is C11H18O2. The Kier molecular flexibility index (Phi) is 3.98. The Hall–Kier alpha value is -0.810. The summed E-state index contributed by atoms with van der Waals surface area (Å²) in [6.07, 6.45) is 2.13. The maximum absolute atomic E-state index is 11.2. The normalized spacial score (nSPS) is 22.2. The first kappa shape index (κ1) is 10.3. The molecule has 1 aliphatic rings. The third-order valence-corrected chi connectivity index (χ3v) is 2.08. The van der Waals surface area contributed by atoms with Gasteiger partial charge < -0.3 is 4.74 Å². The summed E-state index contributed by atoms with van der Waals surface area (Å²) in [4.78, 5) is 11.2. The zero-order chi connectivity index (χ0) is 9.68. The molecule has 1 atom stereocenters. The van der Waals surface area contributed by atoms with Gasteiger partial charge in [0, 0.05) is 19.9 Å². The van der Waals surface area contributed by atoms with Gasteiger partial charge in [-0.15, -0.1) is 0 Å². The predicted molar refractivity (Wildman–Crippen MR) is 53.3 cm³/mol. The molecule has 0 aromatic carbocycles. The monoisotopic (exact) mass is 182 g/mol. The molecule has 0 N–H and O–H groups in total. The fourth-order valence-electron chi connectivity index (χ4n) is 1.17. The highest BCUT2D eigenvalue weighted by Gasteiger charge is 2.11. The molecular weight excluding hydrogens is 164 g/mol. The highest BCUT2D eigenvalue weighted by molar-refractivity contribution is 5.96. The smallest absolute Gasteiger partial charge is 0.207 e. The van der Waals surface area contributed by atoms with Crippen LogP contribution in [0.2, 0.25) is 0 Å². The largest absolute Gasteiger partial charge is 0.380 e. The number of carbonyl (C=O) groups excluding carboxylic acids is 1. The van der Waals surface area contributed by atoms with E-state index < -0.39 is 0 Å². The molecule has 0 spiro atoms. The molecule has 0 aromatic rings. The van der Waals surface area contributed by atoms with Gasteiger partial charge in [0.15, 0.2) is 0 Å². The van der Waals surface area contributed by atoms with Crippen molar-refractivity contribution in [2.24, 2.45) is 11.8 Å². The van der Waals surface area contributed by atoms with Gasteiger partial charge in [-0.3, -0.25) is 4.79 Å². The van der Waals surface area contributed by atoms with E-state index in [0.717, 1.165) is 19.4 Å². The SMILES string of the molecule is CC(C)C(=O)C#CC1CCCOC1.[HH]. The van der Waals surface area contributed by atoms with Crippen molar-refractivity contribution in [3.8, 4) is 11.8 Å².